The molecule has 3 aliphatic rings. The highest BCUT2D eigenvalue weighted by molar-refractivity contribution is 5.95. The second-order valence-electron chi connectivity index (χ2n) is 9.72. The summed E-state index contributed by atoms with van der Waals surface area (Å²) in [7, 11) is 1.65. The molecule has 1 amide bonds. The number of hydrogen-bond acceptors (Lipinski definition) is 3. The van der Waals surface area contributed by atoms with Crippen LogP contribution in [0.1, 0.15) is 53.5 Å². The summed E-state index contributed by atoms with van der Waals surface area (Å²) in [6, 6.07) is 9.50. The van der Waals surface area contributed by atoms with E-state index in [-0.39, 0.29) is 11.3 Å². The Labute approximate surface area is 189 Å². The molecular formula is C27H32N2O3. The lowest BCUT2D eigenvalue weighted by atomic mass is 9.89. The van der Waals surface area contributed by atoms with Gasteiger partial charge in [-0.15, -0.1) is 0 Å². The van der Waals surface area contributed by atoms with E-state index in [4.69, 9.17) is 4.74 Å². The van der Waals surface area contributed by atoms with E-state index in [0.29, 0.717) is 48.2 Å². The number of nitrogens with one attached hydrogen (secondary N) is 1. The Morgan fingerprint density at radius 2 is 1.97 bits per heavy atom. The highest BCUT2D eigenvalue weighted by atomic mass is 16.5. The Morgan fingerprint density at radius 1 is 1.22 bits per heavy atom. The van der Waals surface area contributed by atoms with Crippen LogP contribution in [-0.2, 0) is 13.0 Å². The summed E-state index contributed by atoms with van der Waals surface area (Å²) in [6.45, 7) is 5.20. The quantitative estimate of drug-likeness (QED) is 0.670. The second kappa shape index (κ2) is 7.95. The van der Waals surface area contributed by atoms with Gasteiger partial charge in [-0.1, -0.05) is 31.2 Å². The number of benzene rings is 1. The number of rotatable bonds is 7. The molecule has 2 fully saturated rings. The highest BCUT2D eigenvalue weighted by Crippen LogP contribution is 2.69. The van der Waals surface area contributed by atoms with Gasteiger partial charge in [-0.05, 0) is 73.5 Å². The number of carbonyl (C=O) groups excluding carboxylic acids is 1. The van der Waals surface area contributed by atoms with Crippen LogP contribution in [0.4, 0.5) is 0 Å². The number of aryl methyl sites for hydroxylation is 1. The smallest absolute Gasteiger partial charge is 0.257 e. The molecule has 168 valence electrons. The zero-order valence-corrected chi connectivity index (χ0v) is 19.2. The molecule has 1 heterocycles. The molecule has 2 saturated carbocycles. The second-order valence-corrected chi connectivity index (χ2v) is 9.72. The highest BCUT2D eigenvalue weighted by Gasteiger charge is 2.62. The third-order valence-corrected chi connectivity index (χ3v) is 8.06. The molecule has 3 aliphatic carbocycles. The first-order chi connectivity index (χ1) is 15.5. The molecule has 1 spiro atoms. The number of hydrogen-bond donors (Lipinski definition) is 1. The van der Waals surface area contributed by atoms with Gasteiger partial charge in [0.15, 0.2) is 5.43 Å². The molecule has 2 bridgehead atoms. The normalized spacial score (nSPS) is 24.2. The molecule has 0 saturated heterocycles. The topological polar surface area (TPSA) is 60.3 Å². The van der Waals surface area contributed by atoms with Crippen molar-refractivity contribution in [2.24, 2.45) is 23.2 Å². The van der Waals surface area contributed by atoms with E-state index in [2.05, 4.69) is 22.0 Å². The minimum Gasteiger partial charge on any atom is -0.497 e. The van der Waals surface area contributed by atoms with Gasteiger partial charge in [-0.3, -0.25) is 9.59 Å². The molecule has 32 heavy (non-hydrogen) atoms. The molecule has 2 aromatic rings. The SMILES string of the molecule is CCc1c(C(=O)NC[C@H]2C[C@H]3C=C[C@H]2C32CC2)c(=O)cc(C)n1Cc1ccc(OC)cc1. The lowest BCUT2D eigenvalue weighted by molar-refractivity contribution is 0.0941. The van der Waals surface area contributed by atoms with Crippen LogP contribution in [0.25, 0.3) is 0 Å². The van der Waals surface area contributed by atoms with E-state index in [1.54, 1.807) is 13.2 Å². The summed E-state index contributed by atoms with van der Waals surface area (Å²) in [4.78, 5) is 26.1. The Balaban J connectivity index is 1.36. The van der Waals surface area contributed by atoms with E-state index in [9.17, 15) is 9.59 Å². The largest absolute Gasteiger partial charge is 0.497 e. The van der Waals surface area contributed by atoms with Crippen molar-refractivity contribution >= 4 is 5.91 Å². The van der Waals surface area contributed by atoms with E-state index < -0.39 is 0 Å². The first-order valence-corrected chi connectivity index (χ1v) is 11.8. The summed E-state index contributed by atoms with van der Waals surface area (Å²) in [5.41, 5.74) is 3.39. The van der Waals surface area contributed by atoms with Gasteiger partial charge in [0.2, 0.25) is 0 Å². The van der Waals surface area contributed by atoms with Crippen molar-refractivity contribution < 1.29 is 9.53 Å². The van der Waals surface area contributed by atoms with Crippen LogP contribution in [0.2, 0.25) is 0 Å². The van der Waals surface area contributed by atoms with Crippen molar-refractivity contribution in [1.82, 2.24) is 9.88 Å². The number of amides is 1. The average Bonchev–Trinajstić information content (AvgIpc) is 3.46. The zero-order chi connectivity index (χ0) is 22.5. The van der Waals surface area contributed by atoms with Crippen molar-refractivity contribution in [3.63, 3.8) is 0 Å². The van der Waals surface area contributed by atoms with Gasteiger partial charge in [0, 0.05) is 30.5 Å². The molecule has 0 radical (unpaired) electrons. The number of allylic oxidation sites excluding steroid dienone is 2. The fourth-order valence-electron chi connectivity index (χ4n) is 6.24. The molecule has 1 N–H and O–H groups in total. The summed E-state index contributed by atoms with van der Waals surface area (Å²) in [5, 5.41) is 3.13. The van der Waals surface area contributed by atoms with Crippen LogP contribution in [-0.4, -0.2) is 24.1 Å². The van der Waals surface area contributed by atoms with E-state index in [1.165, 1.54) is 12.8 Å². The number of nitrogens with zero attached hydrogens (tertiary/aromatic N) is 1. The van der Waals surface area contributed by atoms with Crippen LogP contribution in [0, 0.1) is 30.1 Å². The fraction of sp³-hybridized carbons (Fsp3) is 0.481. The maximum absolute atomic E-state index is 13.2. The van der Waals surface area contributed by atoms with Gasteiger partial charge in [0.1, 0.15) is 11.3 Å². The Hall–Kier alpha value is -2.82. The van der Waals surface area contributed by atoms with Crippen LogP contribution >= 0.6 is 0 Å². The van der Waals surface area contributed by atoms with Crippen LogP contribution in [0.5, 0.6) is 5.75 Å². The van der Waals surface area contributed by atoms with Gasteiger partial charge < -0.3 is 14.6 Å². The average molecular weight is 433 g/mol. The Morgan fingerprint density at radius 3 is 2.59 bits per heavy atom. The number of pyridine rings is 1. The first-order valence-electron chi connectivity index (χ1n) is 11.8. The zero-order valence-electron chi connectivity index (χ0n) is 19.2. The minimum absolute atomic E-state index is 0.186. The lowest BCUT2D eigenvalue weighted by Gasteiger charge is -2.22. The summed E-state index contributed by atoms with van der Waals surface area (Å²) in [6.07, 6.45) is 9.21. The maximum atomic E-state index is 13.2. The van der Waals surface area contributed by atoms with Gasteiger partial charge in [0.25, 0.3) is 5.91 Å². The van der Waals surface area contributed by atoms with Gasteiger partial charge in [-0.2, -0.15) is 0 Å². The Bertz CT molecular complexity index is 1120. The van der Waals surface area contributed by atoms with Gasteiger partial charge >= 0.3 is 0 Å². The summed E-state index contributed by atoms with van der Waals surface area (Å²) >= 11 is 0. The van der Waals surface area contributed by atoms with Gasteiger partial charge in [-0.25, -0.2) is 0 Å². The Kier molecular flexibility index (Phi) is 5.23. The molecule has 1 aromatic carbocycles. The first kappa shape index (κ1) is 21.0. The van der Waals surface area contributed by atoms with E-state index in [1.807, 2.05) is 38.1 Å². The number of aromatic nitrogens is 1. The third kappa shape index (κ3) is 3.39. The predicted molar refractivity (Wildman–Crippen MR) is 125 cm³/mol. The predicted octanol–water partition coefficient (Wildman–Crippen LogP) is 4.11. The molecule has 5 nitrogen and oxygen atoms in total. The lowest BCUT2D eigenvalue weighted by Crippen LogP contribution is -2.36. The molecule has 3 atom stereocenters. The van der Waals surface area contributed by atoms with Crippen molar-refractivity contribution in [3.8, 4) is 5.75 Å². The standard InChI is InChI=1S/C27H32N2O3/c1-4-23-25(26(31)28-15-19-14-20-7-10-22(19)27(20)11-12-27)24(30)13-17(2)29(23)16-18-5-8-21(32-3)9-6-18/h5-10,13,19-20,22H,4,11-12,14-16H2,1-3H3,(H,28,31)/t19-,20-,22-/m1/s1. The van der Waals surface area contributed by atoms with Crippen molar-refractivity contribution in [2.45, 2.75) is 46.1 Å². The third-order valence-electron chi connectivity index (χ3n) is 8.06. The van der Waals surface area contributed by atoms with Crippen molar-refractivity contribution in [2.75, 3.05) is 13.7 Å². The summed E-state index contributed by atoms with van der Waals surface area (Å²) in [5.74, 6) is 2.37. The molecule has 1 aromatic heterocycles. The fourth-order valence-corrected chi connectivity index (χ4v) is 6.24. The molecule has 5 heteroatoms. The minimum atomic E-state index is -0.230. The van der Waals surface area contributed by atoms with Crippen LogP contribution < -0.4 is 15.5 Å². The molecule has 0 aliphatic heterocycles. The number of carbonyl (C=O) groups is 1. The van der Waals surface area contributed by atoms with E-state index in [0.717, 1.165) is 29.1 Å². The van der Waals surface area contributed by atoms with Crippen LogP contribution in [0.15, 0.2) is 47.3 Å². The number of ether oxygens (including phenoxy) is 1. The summed E-state index contributed by atoms with van der Waals surface area (Å²) < 4.78 is 7.35. The van der Waals surface area contributed by atoms with E-state index >= 15 is 0 Å². The van der Waals surface area contributed by atoms with Crippen LogP contribution in [0.3, 0.4) is 0 Å². The molecular weight excluding hydrogens is 400 g/mol. The maximum Gasteiger partial charge on any atom is 0.257 e. The van der Waals surface area contributed by atoms with Gasteiger partial charge in [0.05, 0.1) is 7.11 Å². The molecule has 0 unspecified atom stereocenters. The number of methoxy groups -OCH3 is 1. The van der Waals surface area contributed by atoms with Crippen molar-refractivity contribution in [1.29, 1.82) is 0 Å². The monoisotopic (exact) mass is 432 g/mol. The van der Waals surface area contributed by atoms with Crippen molar-refractivity contribution in [3.05, 3.63) is 75.2 Å². The molecule has 5 rings (SSSR count).